The summed E-state index contributed by atoms with van der Waals surface area (Å²) in [6.07, 6.45) is 1.99. The molecule has 0 radical (unpaired) electrons. The van der Waals surface area contributed by atoms with Gasteiger partial charge in [0.15, 0.2) is 5.82 Å². The first kappa shape index (κ1) is 11.7. The number of tetrazole rings is 1. The van der Waals surface area contributed by atoms with Crippen LogP contribution >= 0.6 is 0 Å². The third kappa shape index (κ3) is 2.88. The van der Waals surface area contributed by atoms with Gasteiger partial charge in [-0.1, -0.05) is 23.8 Å². The Hall–Kier alpha value is -1.75. The molecule has 0 aliphatic heterocycles. The van der Waals surface area contributed by atoms with Gasteiger partial charge in [0.1, 0.15) is 0 Å². The smallest absolute Gasteiger partial charge is 0.182 e. The minimum atomic E-state index is 0.710. The summed E-state index contributed by atoms with van der Waals surface area (Å²) in [5, 5.41) is 11.8. The number of benzene rings is 1. The Bertz CT molecular complexity index is 477. The van der Waals surface area contributed by atoms with Gasteiger partial charge in [-0.05, 0) is 42.8 Å². The van der Waals surface area contributed by atoms with E-state index in [1.807, 2.05) is 16.8 Å². The standard InChI is InChI=1S/C12H17N5/c1-10-5-4-6-11(9-10)12-14-15-16-17(12)8-3-2-7-13/h4-6,9H,2-3,7-8,13H2,1H3. The lowest BCUT2D eigenvalue weighted by Crippen LogP contribution is -2.06. The molecular weight excluding hydrogens is 214 g/mol. The van der Waals surface area contributed by atoms with E-state index in [0.29, 0.717) is 6.54 Å². The van der Waals surface area contributed by atoms with E-state index in [0.717, 1.165) is 30.8 Å². The fraction of sp³-hybridized carbons (Fsp3) is 0.417. The third-order valence-corrected chi connectivity index (χ3v) is 2.63. The van der Waals surface area contributed by atoms with Crippen LogP contribution in [0.5, 0.6) is 0 Å². The van der Waals surface area contributed by atoms with Crippen molar-refractivity contribution in [3.8, 4) is 11.4 Å². The zero-order chi connectivity index (χ0) is 12.1. The summed E-state index contributed by atoms with van der Waals surface area (Å²) in [7, 11) is 0. The summed E-state index contributed by atoms with van der Waals surface area (Å²) in [6.45, 7) is 3.58. The minimum Gasteiger partial charge on any atom is -0.330 e. The average Bonchev–Trinajstić information content (AvgIpc) is 2.78. The Balaban J connectivity index is 2.18. The van der Waals surface area contributed by atoms with E-state index in [1.54, 1.807) is 0 Å². The Kier molecular flexibility index (Phi) is 3.82. The summed E-state index contributed by atoms with van der Waals surface area (Å²) >= 11 is 0. The molecule has 1 heterocycles. The third-order valence-electron chi connectivity index (χ3n) is 2.63. The molecule has 2 N–H and O–H groups in total. The van der Waals surface area contributed by atoms with Crippen LogP contribution in [0.15, 0.2) is 24.3 Å². The summed E-state index contributed by atoms with van der Waals surface area (Å²) < 4.78 is 1.84. The van der Waals surface area contributed by atoms with Gasteiger partial charge in [0, 0.05) is 12.1 Å². The van der Waals surface area contributed by atoms with E-state index in [4.69, 9.17) is 5.73 Å². The molecule has 0 fully saturated rings. The Morgan fingerprint density at radius 2 is 2.18 bits per heavy atom. The van der Waals surface area contributed by atoms with E-state index >= 15 is 0 Å². The van der Waals surface area contributed by atoms with Crippen LogP contribution in [0.1, 0.15) is 18.4 Å². The molecule has 5 nitrogen and oxygen atoms in total. The first-order chi connectivity index (χ1) is 8.31. The number of aryl methyl sites for hydroxylation is 2. The molecule has 0 aliphatic rings. The van der Waals surface area contributed by atoms with Crippen LogP contribution in [0.3, 0.4) is 0 Å². The molecule has 0 atom stereocenters. The van der Waals surface area contributed by atoms with E-state index in [2.05, 4.69) is 34.6 Å². The van der Waals surface area contributed by atoms with Crippen molar-refractivity contribution in [3.05, 3.63) is 29.8 Å². The molecule has 0 unspecified atom stereocenters. The maximum atomic E-state index is 5.48. The highest BCUT2D eigenvalue weighted by Gasteiger charge is 2.08. The lowest BCUT2D eigenvalue weighted by molar-refractivity contribution is 0.548. The van der Waals surface area contributed by atoms with Crippen molar-refractivity contribution >= 4 is 0 Å². The van der Waals surface area contributed by atoms with Crippen molar-refractivity contribution in [1.82, 2.24) is 20.2 Å². The van der Waals surface area contributed by atoms with Gasteiger partial charge in [0.25, 0.3) is 0 Å². The highest BCUT2D eigenvalue weighted by molar-refractivity contribution is 5.55. The molecule has 0 bridgehead atoms. The van der Waals surface area contributed by atoms with Gasteiger partial charge in [0.2, 0.25) is 0 Å². The number of nitrogens with zero attached hydrogens (tertiary/aromatic N) is 4. The van der Waals surface area contributed by atoms with Gasteiger partial charge in [-0.2, -0.15) is 0 Å². The quantitative estimate of drug-likeness (QED) is 0.789. The van der Waals surface area contributed by atoms with Crippen molar-refractivity contribution in [1.29, 1.82) is 0 Å². The van der Waals surface area contributed by atoms with Crippen molar-refractivity contribution in [2.24, 2.45) is 5.73 Å². The van der Waals surface area contributed by atoms with Crippen LogP contribution < -0.4 is 5.73 Å². The van der Waals surface area contributed by atoms with Gasteiger partial charge >= 0.3 is 0 Å². The summed E-state index contributed by atoms with van der Waals surface area (Å²) in [6, 6.07) is 8.19. The van der Waals surface area contributed by atoms with Crippen molar-refractivity contribution in [2.75, 3.05) is 6.54 Å². The number of hydrogen-bond donors (Lipinski definition) is 1. The van der Waals surface area contributed by atoms with E-state index < -0.39 is 0 Å². The number of aromatic nitrogens is 4. The van der Waals surface area contributed by atoms with Gasteiger partial charge in [-0.25, -0.2) is 4.68 Å². The lowest BCUT2D eigenvalue weighted by Gasteiger charge is -2.04. The molecule has 5 heteroatoms. The second-order valence-corrected chi connectivity index (χ2v) is 4.09. The molecule has 1 aromatic carbocycles. The predicted molar refractivity (Wildman–Crippen MR) is 66.3 cm³/mol. The average molecular weight is 231 g/mol. The van der Waals surface area contributed by atoms with Crippen LogP contribution in [0.4, 0.5) is 0 Å². The molecule has 0 saturated heterocycles. The lowest BCUT2D eigenvalue weighted by atomic mass is 10.1. The highest BCUT2D eigenvalue weighted by Crippen LogP contribution is 2.17. The molecule has 0 aliphatic carbocycles. The molecule has 90 valence electrons. The maximum Gasteiger partial charge on any atom is 0.182 e. The summed E-state index contributed by atoms with van der Waals surface area (Å²) in [5.41, 5.74) is 7.74. The molecule has 2 rings (SSSR count). The molecular formula is C12H17N5. The van der Waals surface area contributed by atoms with Gasteiger partial charge in [0.05, 0.1) is 0 Å². The second kappa shape index (κ2) is 5.54. The molecule has 1 aromatic heterocycles. The van der Waals surface area contributed by atoms with Gasteiger partial charge < -0.3 is 5.73 Å². The van der Waals surface area contributed by atoms with Gasteiger partial charge in [-0.3, -0.25) is 0 Å². The fourth-order valence-electron chi connectivity index (χ4n) is 1.75. The molecule has 0 spiro atoms. The van der Waals surface area contributed by atoms with Crippen LogP contribution in [0.25, 0.3) is 11.4 Å². The van der Waals surface area contributed by atoms with Crippen LogP contribution in [-0.4, -0.2) is 26.8 Å². The van der Waals surface area contributed by atoms with Crippen LogP contribution in [-0.2, 0) is 6.54 Å². The molecule has 0 saturated carbocycles. The monoisotopic (exact) mass is 231 g/mol. The number of rotatable bonds is 5. The number of hydrogen-bond acceptors (Lipinski definition) is 4. The van der Waals surface area contributed by atoms with E-state index in [1.165, 1.54) is 5.56 Å². The molecule has 2 aromatic rings. The summed E-state index contributed by atoms with van der Waals surface area (Å²) in [4.78, 5) is 0. The predicted octanol–water partition coefficient (Wildman–Crippen LogP) is 1.39. The Labute approximate surface area is 101 Å². The Morgan fingerprint density at radius 3 is 2.94 bits per heavy atom. The molecule has 0 amide bonds. The van der Waals surface area contributed by atoms with Gasteiger partial charge in [-0.15, -0.1) is 5.10 Å². The van der Waals surface area contributed by atoms with Crippen LogP contribution in [0.2, 0.25) is 0 Å². The first-order valence-electron chi connectivity index (χ1n) is 5.84. The normalized spacial score (nSPS) is 10.7. The zero-order valence-corrected chi connectivity index (χ0v) is 10.0. The maximum absolute atomic E-state index is 5.48. The Morgan fingerprint density at radius 1 is 1.29 bits per heavy atom. The van der Waals surface area contributed by atoms with Crippen molar-refractivity contribution < 1.29 is 0 Å². The SMILES string of the molecule is Cc1cccc(-c2nnnn2CCCCN)c1. The fourth-order valence-corrected chi connectivity index (χ4v) is 1.75. The van der Waals surface area contributed by atoms with Crippen molar-refractivity contribution in [2.45, 2.75) is 26.3 Å². The minimum absolute atomic E-state index is 0.710. The number of unbranched alkanes of at least 4 members (excludes halogenated alkanes) is 1. The molecule has 17 heavy (non-hydrogen) atoms. The van der Waals surface area contributed by atoms with E-state index in [-0.39, 0.29) is 0 Å². The largest absolute Gasteiger partial charge is 0.330 e. The highest BCUT2D eigenvalue weighted by atomic mass is 15.5. The zero-order valence-electron chi connectivity index (χ0n) is 10.0. The van der Waals surface area contributed by atoms with E-state index in [9.17, 15) is 0 Å². The topological polar surface area (TPSA) is 69.6 Å². The number of nitrogens with two attached hydrogens (primary N) is 1. The second-order valence-electron chi connectivity index (χ2n) is 4.09. The summed E-state index contributed by atoms with van der Waals surface area (Å²) in [5.74, 6) is 0.825. The van der Waals surface area contributed by atoms with Crippen LogP contribution in [0, 0.1) is 6.92 Å². The first-order valence-corrected chi connectivity index (χ1v) is 5.84. The van der Waals surface area contributed by atoms with Crippen molar-refractivity contribution in [3.63, 3.8) is 0 Å².